The Morgan fingerprint density at radius 2 is 1.89 bits per heavy atom. The van der Waals surface area contributed by atoms with Crippen LogP contribution in [0.4, 0.5) is 11.5 Å². The third-order valence-corrected chi connectivity index (χ3v) is 8.05. The maximum atomic E-state index is 13.7. The number of pyridine rings is 1. The average Bonchev–Trinajstić information content (AvgIpc) is 3.16. The van der Waals surface area contributed by atoms with Gasteiger partial charge in [0.2, 0.25) is 0 Å². The van der Waals surface area contributed by atoms with Gasteiger partial charge in [-0.2, -0.15) is 0 Å². The number of anilines is 2. The molecule has 2 saturated heterocycles. The molecule has 2 aromatic heterocycles. The van der Waals surface area contributed by atoms with Gasteiger partial charge in [0.1, 0.15) is 15.8 Å². The van der Waals surface area contributed by atoms with Crippen molar-refractivity contribution in [1.82, 2.24) is 14.3 Å². The normalized spacial score (nSPS) is 17.2. The second kappa shape index (κ2) is 10.8. The molecular formula is C26H24ClN5O4S2. The number of rotatable bonds is 6. The van der Waals surface area contributed by atoms with Gasteiger partial charge in [-0.25, -0.2) is 4.98 Å². The second-order valence-electron chi connectivity index (χ2n) is 9.02. The Morgan fingerprint density at radius 3 is 2.61 bits per heavy atom. The first-order valence-electron chi connectivity index (χ1n) is 12.0. The molecular weight excluding hydrogens is 546 g/mol. The maximum Gasteiger partial charge on any atom is 0.305 e. The Bertz CT molecular complexity index is 1550. The van der Waals surface area contributed by atoms with Gasteiger partial charge in [0.25, 0.3) is 11.5 Å². The number of carbonyl (C=O) groups excluding carboxylic acids is 1. The van der Waals surface area contributed by atoms with Crippen LogP contribution in [-0.4, -0.2) is 68.3 Å². The number of nitrogens with zero attached hydrogens (tertiary/aromatic N) is 5. The molecule has 0 spiro atoms. The highest BCUT2D eigenvalue weighted by atomic mass is 35.5. The number of carboxylic acids is 1. The highest BCUT2D eigenvalue weighted by Gasteiger charge is 2.33. The number of thioether (sulfide) groups is 1. The summed E-state index contributed by atoms with van der Waals surface area (Å²) in [4.78, 5) is 48.5. The van der Waals surface area contributed by atoms with Crippen molar-refractivity contribution >= 4 is 75.0 Å². The van der Waals surface area contributed by atoms with E-state index in [0.29, 0.717) is 48.2 Å². The lowest BCUT2D eigenvalue weighted by atomic mass is 10.2. The molecule has 1 N–H and O–H groups in total. The average molecular weight is 570 g/mol. The minimum atomic E-state index is -1.02. The van der Waals surface area contributed by atoms with E-state index in [4.69, 9.17) is 33.9 Å². The van der Waals surface area contributed by atoms with Gasteiger partial charge in [0.05, 0.1) is 16.9 Å². The fraction of sp³-hybridized carbons (Fsp3) is 0.269. The number of thiocarbonyl (C=S) groups is 1. The maximum absolute atomic E-state index is 13.7. The molecule has 0 atom stereocenters. The van der Waals surface area contributed by atoms with E-state index < -0.39 is 11.9 Å². The molecule has 0 saturated carbocycles. The third-order valence-electron chi connectivity index (χ3n) is 6.44. The number of fused-ring (bicyclic) bond motifs is 1. The van der Waals surface area contributed by atoms with E-state index in [-0.39, 0.29) is 27.8 Å². The smallest absolute Gasteiger partial charge is 0.305 e. The van der Waals surface area contributed by atoms with E-state index in [2.05, 4.69) is 9.80 Å². The number of carbonyl (C=O) groups is 2. The fourth-order valence-corrected chi connectivity index (χ4v) is 5.97. The number of aromatic nitrogens is 2. The molecule has 9 nitrogen and oxygen atoms in total. The van der Waals surface area contributed by atoms with Crippen LogP contribution in [0.1, 0.15) is 17.5 Å². The molecule has 0 aliphatic carbocycles. The van der Waals surface area contributed by atoms with E-state index in [1.807, 2.05) is 37.3 Å². The van der Waals surface area contributed by atoms with Gasteiger partial charge in [-0.15, -0.1) is 0 Å². The summed E-state index contributed by atoms with van der Waals surface area (Å²) in [6.45, 7) is 4.49. The number of piperazine rings is 1. The Balaban J connectivity index is 1.51. The van der Waals surface area contributed by atoms with E-state index in [1.165, 1.54) is 9.30 Å². The summed E-state index contributed by atoms with van der Waals surface area (Å²) in [7, 11) is 0. The minimum Gasteiger partial charge on any atom is -0.481 e. The molecule has 5 rings (SSSR count). The van der Waals surface area contributed by atoms with Gasteiger partial charge in [0, 0.05) is 49.6 Å². The van der Waals surface area contributed by atoms with E-state index in [0.717, 1.165) is 23.0 Å². The summed E-state index contributed by atoms with van der Waals surface area (Å²) >= 11 is 12.6. The molecule has 0 unspecified atom stereocenters. The summed E-state index contributed by atoms with van der Waals surface area (Å²) in [6.07, 6.45) is 3.05. The van der Waals surface area contributed by atoms with Crippen LogP contribution in [0.25, 0.3) is 11.7 Å². The number of hydrogen-bond donors (Lipinski definition) is 1. The van der Waals surface area contributed by atoms with Crippen LogP contribution in [-0.2, 0) is 9.59 Å². The van der Waals surface area contributed by atoms with Crippen molar-refractivity contribution in [2.75, 3.05) is 42.5 Å². The number of aryl methyl sites for hydroxylation is 1. The van der Waals surface area contributed by atoms with Crippen molar-refractivity contribution in [2.24, 2.45) is 0 Å². The molecule has 2 aliphatic heterocycles. The van der Waals surface area contributed by atoms with E-state index in [1.54, 1.807) is 18.3 Å². The van der Waals surface area contributed by atoms with E-state index in [9.17, 15) is 14.4 Å². The molecule has 2 fully saturated rings. The van der Waals surface area contributed by atoms with Crippen molar-refractivity contribution in [3.63, 3.8) is 0 Å². The van der Waals surface area contributed by atoms with Crippen LogP contribution in [0.15, 0.2) is 52.3 Å². The first-order chi connectivity index (χ1) is 18.2. The number of benzene rings is 1. The molecule has 3 aromatic rings. The number of hydrogen-bond acceptors (Lipinski definition) is 8. The van der Waals surface area contributed by atoms with Crippen LogP contribution < -0.4 is 15.4 Å². The number of aliphatic carboxylic acids is 1. The largest absolute Gasteiger partial charge is 0.481 e. The van der Waals surface area contributed by atoms with Crippen LogP contribution >= 0.6 is 35.6 Å². The van der Waals surface area contributed by atoms with Gasteiger partial charge >= 0.3 is 5.97 Å². The van der Waals surface area contributed by atoms with Crippen LogP contribution in [0.3, 0.4) is 0 Å². The molecule has 196 valence electrons. The summed E-state index contributed by atoms with van der Waals surface area (Å²) in [5, 5.41) is 9.70. The zero-order chi connectivity index (χ0) is 27.0. The van der Waals surface area contributed by atoms with Crippen molar-refractivity contribution in [3.05, 3.63) is 74.0 Å². The van der Waals surface area contributed by atoms with Crippen molar-refractivity contribution in [3.8, 4) is 0 Å². The van der Waals surface area contributed by atoms with E-state index >= 15 is 0 Å². The molecule has 1 aromatic carbocycles. The van der Waals surface area contributed by atoms with Crippen LogP contribution in [0.2, 0.25) is 5.02 Å². The summed E-state index contributed by atoms with van der Waals surface area (Å²) < 4.78 is 1.75. The second-order valence-corrected chi connectivity index (χ2v) is 11.1. The SMILES string of the molecule is Cc1ccc2nc(N3CCN(c4cccc(Cl)c4)CC3)c(/C=C3\SC(=S)N(CCC(=O)O)C3=O)c(=O)n2c1. The Kier molecular flexibility index (Phi) is 7.42. The van der Waals surface area contributed by atoms with Gasteiger partial charge in [-0.1, -0.05) is 47.7 Å². The van der Waals surface area contributed by atoms with Crippen LogP contribution in [0, 0.1) is 6.92 Å². The topological polar surface area (TPSA) is 98.5 Å². The van der Waals surface area contributed by atoms with Gasteiger partial charge in [0.15, 0.2) is 0 Å². The van der Waals surface area contributed by atoms with Gasteiger partial charge < -0.3 is 14.9 Å². The lowest BCUT2D eigenvalue weighted by molar-refractivity contribution is -0.137. The standard InChI is InChI=1S/C26H24ClN5O4S2/c1-16-5-6-21-28-23(30-11-9-29(10-12-30)18-4-2-3-17(27)13-18)19(24(35)32(21)15-16)14-20-25(36)31(26(37)38-20)8-7-22(33)34/h2-6,13-15H,7-12H2,1H3,(H,33,34)/b20-14-. The fourth-order valence-electron chi connectivity index (χ4n) is 4.49. The van der Waals surface area contributed by atoms with Gasteiger partial charge in [-0.05, 0) is 42.8 Å². The Hall–Kier alpha value is -3.41. The zero-order valence-corrected chi connectivity index (χ0v) is 22.9. The molecule has 1 amide bonds. The zero-order valence-electron chi connectivity index (χ0n) is 20.5. The molecule has 38 heavy (non-hydrogen) atoms. The lowest BCUT2D eigenvalue weighted by Gasteiger charge is -2.37. The molecule has 12 heteroatoms. The lowest BCUT2D eigenvalue weighted by Crippen LogP contribution is -2.47. The molecule has 2 aliphatic rings. The monoisotopic (exact) mass is 569 g/mol. The van der Waals surface area contributed by atoms with Crippen molar-refractivity contribution in [2.45, 2.75) is 13.3 Å². The summed E-state index contributed by atoms with van der Waals surface area (Å²) in [6, 6.07) is 11.4. The highest BCUT2D eigenvalue weighted by molar-refractivity contribution is 8.26. The number of amides is 1. The third kappa shape index (κ3) is 5.27. The molecule has 0 bridgehead atoms. The molecule has 4 heterocycles. The number of halogens is 1. The summed E-state index contributed by atoms with van der Waals surface area (Å²) in [5.41, 5.74) is 2.45. The van der Waals surface area contributed by atoms with Crippen LogP contribution in [0.5, 0.6) is 0 Å². The predicted octanol–water partition coefficient (Wildman–Crippen LogP) is 3.66. The first kappa shape index (κ1) is 26.2. The quantitative estimate of drug-likeness (QED) is 0.352. The Morgan fingerprint density at radius 1 is 1.16 bits per heavy atom. The number of carboxylic acid groups (broad SMARTS) is 1. The molecule has 0 radical (unpaired) electrons. The first-order valence-corrected chi connectivity index (χ1v) is 13.6. The summed E-state index contributed by atoms with van der Waals surface area (Å²) in [5.74, 6) is -0.929. The highest BCUT2D eigenvalue weighted by Crippen LogP contribution is 2.34. The Labute approximate surface area is 233 Å². The van der Waals surface area contributed by atoms with Crippen molar-refractivity contribution < 1.29 is 14.7 Å². The predicted molar refractivity (Wildman–Crippen MR) is 154 cm³/mol. The minimum absolute atomic E-state index is 0.0240. The van der Waals surface area contributed by atoms with Gasteiger partial charge in [-0.3, -0.25) is 23.7 Å². The van der Waals surface area contributed by atoms with Crippen molar-refractivity contribution in [1.29, 1.82) is 0 Å².